The van der Waals surface area contributed by atoms with Crippen molar-refractivity contribution in [2.75, 3.05) is 6.54 Å². The number of rotatable bonds is 3. The first-order chi connectivity index (χ1) is 10.3. The highest BCUT2D eigenvalue weighted by Gasteiger charge is 2.35. The van der Waals surface area contributed by atoms with Crippen molar-refractivity contribution in [3.63, 3.8) is 0 Å². The molecule has 1 atom stereocenters. The van der Waals surface area contributed by atoms with Gasteiger partial charge in [0.1, 0.15) is 0 Å². The summed E-state index contributed by atoms with van der Waals surface area (Å²) in [6.45, 7) is 1.29. The Morgan fingerprint density at radius 2 is 2.05 bits per heavy atom. The quantitative estimate of drug-likeness (QED) is 0.930. The first kappa shape index (κ1) is 14.5. The molecule has 2 heterocycles. The Balaban J connectivity index is 1.75. The van der Waals surface area contributed by atoms with Gasteiger partial charge in [-0.3, -0.25) is 9.78 Å². The fourth-order valence-electron chi connectivity index (χ4n) is 3.94. The highest BCUT2D eigenvalue weighted by atomic mass is 16.2. The minimum Gasteiger partial charge on any atom is -0.335 e. The third-order valence-corrected chi connectivity index (χ3v) is 5.03. The number of hydrogen-bond donors (Lipinski definition) is 1. The van der Waals surface area contributed by atoms with E-state index in [0.29, 0.717) is 18.5 Å². The molecule has 2 aliphatic rings. The van der Waals surface area contributed by atoms with E-state index in [0.717, 1.165) is 24.2 Å². The monoisotopic (exact) mass is 287 g/mol. The van der Waals surface area contributed by atoms with E-state index in [9.17, 15) is 4.79 Å². The molecular formula is C17H25N3O. The van der Waals surface area contributed by atoms with Crippen LogP contribution in [-0.4, -0.2) is 28.4 Å². The molecule has 0 radical (unpaired) electrons. The molecule has 2 fully saturated rings. The van der Waals surface area contributed by atoms with Crippen LogP contribution in [0.2, 0.25) is 0 Å². The van der Waals surface area contributed by atoms with Crippen LogP contribution in [-0.2, 0) is 6.54 Å². The largest absolute Gasteiger partial charge is 0.335 e. The maximum absolute atomic E-state index is 12.8. The molecule has 1 saturated carbocycles. The summed E-state index contributed by atoms with van der Waals surface area (Å²) in [5.74, 6) is 0.876. The summed E-state index contributed by atoms with van der Waals surface area (Å²) in [5.41, 5.74) is 7.16. The highest BCUT2D eigenvalue weighted by molar-refractivity contribution is 5.94. The second-order valence-corrected chi connectivity index (χ2v) is 6.35. The average molecular weight is 287 g/mol. The Hall–Kier alpha value is -1.42. The predicted octanol–water partition coefficient (Wildman–Crippen LogP) is 2.73. The van der Waals surface area contributed by atoms with E-state index in [4.69, 9.17) is 5.73 Å². The topological polar surface area (TPSA) is 59.2 Å². The molecule has 1 amide bonds. The lowest BCUT2D eigenvalue weighted by Crippen LogP contribution is -2.40. The molecule has 114 valence electrons. The van der Waals surface area contributed by atoms with Crippen molar-refractivity contribution < 1.29 is 4.79 Å². The van der Waals surface area contributed by atoms with Crippen LogP contribution in [0.3, 0.4) is 0 Å². The fourth-order valence-corrected chi connectivity index (χ4v) is 3.94. The molecule has 1 aliphatic carbocycles. The number of amides is 1. The third kappa shape index (κ3) is 3.10. The number of likely N-dealkylation sites (tertiary alicyclic amines) is 1. The summed E-state index contributed by atoms with van der Waals surface area (Å²) < 4.78 is 0. The summed E-state index contributed by atoms with van der Waals surface area (Å²) in [5, 5.41) is 0. The molecule has 0 aromatic carbocycles. The number of nitrogens with two attached hydrogens (primary N) is 1. The molecule has 1 aliphatic heterocycles. The van der Waals surface area contributed by atoms with Gasteiger partial charge in [0, 0.05) is 30.9 Å². The van der Waals surface area contributed by atoms with Gasteiger partial charge < -0.3 is 10.6 Å². The predicted molar refractivity (Wildman–Crippen MR) is 82.8 cm³/mol. The zero-order valence-corrected chi connectivity index (χ0v) is 12.6. The number of hydrogen-bond acceptors (Lipinski definition) is 3. The molecule has 1 saturated heterocycles. The van der Waals surface area contributed by atoms with Gasteiger partial charge in [-0.1, -0.05) is 19.3 Å². The summed E-state index contributed by atoms with van der Waals surface area (Å²) in [7, 11) is 0. The van der Waals surface area contributed by atoms with E-state index in [-0.39, 0.29) is 5.91 Å². The van der Waals surface area contributed by atoms with E-state index in [1.807, 2.05) is 12.1 Å². The molecule has 0 bridgehead atoms. The minimum absolute atomic E-state index is 0.167. The van der Waals surface area contributed by atoms with Gasteiger partial charge in [-0.2, -0.15) is 0 Å². The van der Waals surface area contributed by atoms with Crippen LogP contribution >= 0.6 is 0 Å². The van der Waals surface area contributed by atoms with Gasteiger partial charge in [0.05, 0.1) is 5.69 Å². The second kappa shape index (κ2) is 6.56. The van der Waals surface area contributed by atoms with Crippen LogP contribution in [0.5, 0.6) is 0 Å². The van der Waals surface area contributed by atoms with Crippen LogP contribution < -0.4 is 5.73 Å². The van der Waals surface area contributed by atoms with Crippen molar-refractivity contribution in [1.29, 1.82) is 0 Å². The lowest BCUT2D eigenvalue weighted by molar-refractivity contribution is 0.0661. The third-order valence-electron chi connectivity index (χ3n) is 5.03. The number of nitrogens with zero attached hydrogens (tertiary/aromatic N) is 2. The SMILES string of the molecule is NCc1cc(C(=O)N2CCCC2C2CCCCC2)ccn1. The van der Waals surface area contributed by atoms with Crippen LogP contribution in [0.4, 0.5) is 0 Å². The molecule has 0 spiro atoms. The van der Waals surface area contributed by atoms with E-state index in [1.54, 1.807) is 6.20 Å². The maximum Gasteiger partial charge on any atom is 0.254 e. The first-order valence-corrected chi connectivity index (χ1v) is 8.25. The van der Waals surface area contributed by atoms with Crippen molar-refractivity contribution in [2.45, 2.75) is 57.5 Å². The molecule has 21 heavy (non-hydrogen) atoms. The second-order valence-electron chi connectivity index (χ2n) is 6.35. The van der Waals surface area contributed by atoms with E-state index in [2.05, 4.69) is 9.88 Å². The van der Waals surface area contributed by atoms with Gasteiger partial charge in [0.25, 0.3) is 5.91 Å². The Kier molecular flexibility index (Phi) is 4.54. The number of aromatic nitrogens is 1. The summed E-state index contributed by atoms with van der Waals surface area (Å²) in [6, 6.07) is 4.11. The normalized spacial score (nSPS) is 23.5. The van der Waals surface area contributed by atoms with Crippen molar-refractivity contribution in [3.8, 4) is 0 Å². The van der Waals surface area contributed by atoms with Gasteiger partial charge in [0.15, 0.2) is 0 Å². The highest BCUT2D eigenvalue weighted by Crippen LogP contribution is 2.34. The van der Waals surface area contributed by atoms with Crippen molar-refractivity contribution in [3.05, 3.63) is 29.6 Å². The van der Waals surface area contributed by atoms with E-state index < -0.39 is 0 Å². The molecular weight excluding hydrogens is 262 g/mol. The molecule has 1 aromatic heterocycles. The lowest BCUT2D eigenvalue weighted by atomic mass is 9.83. The Labute approximate surface area is 126 Å². The number of carbonyl (C=O) groups excluding carboxylic acids is 1. The van der Waals surface area contributed by atoms with Crippen molar-refractivity contribution >= 4 is 5.91 Å². The summed E-state index contributed by atoms with van der Waals surface area (Å²) in [4.78, 5) is 19.1. The van der Waals surface area contributed by atoms with Gasteiger partial charge in [-0.25, -0.2) is 0 Å². The average Bonchev–Trinajstić information content (AvgIpc) is 3.04. The molecule has 4 heteroatoms. The summed E-state index contributed by atoms with van der Waals surface area (Å²) >= 11 is 0. The molecule has 1 unspecified atom stereocenters. The zero-order chi connectivity index (χ0) is 14.7. The number of carbonyl (C=O) groups is 1. The van der Waals surface area contributed by atoms with Crippen molar-refractivity contribution in [2.24, 2.45) is 11.7 Å². The smallest absolute Gasteiger partial charge is 0.254 e. The number of pyridine rings is 1. The van der Waals surface area contributed by atoms with Gasteiger partial charge in [-0.05, 0) is 43.7 Å². The standard InChI is InChI=1S/C17H25N3O/c18-12-15-11-14(8-9-19-15)17(21)20-10-4-7-16(20)13-5-2-1-3-6-13/h8-9,11,13,16H,1-7,10,12,18H2. The van der Waals surface area contributed by atoms with Crippen LogP contribution in [0.25, 0.3) is 0 Å². The maximum atomic E-state index is 12.8. The lowest BCUT2D eigenvalue weighted by Gasteiger charge is -2.34. The van der Waals surface area contributed by atoms with Crippen LogP contribution in [0, 0.1) is 5.92 Å². The Morgan fingerprint density at radius 1 is 1.24 bits per heavy atom. The van der Waals surface area contributed by atoms with Gasteiger partial charge >= 0.3 is 0 Å². The molecule has 4 nitrogen and oxygen atoms in total. The molecule has 2 N–H and O–H groups in total. The van der Waals surface area contributed by atoms with E-state index >= 15 is 0 Å². The van der Waals surface area contributed by atoms with Gasteiger partial charge in [0.2, 0.25) is 0 Å². The minimum atomic E-state index is 0.167. The summed E-state index contributed by atoms with van der Waals surface area (Å²) in [6.07, 6.45) is 10.6. The fraction of sp³-hybridized carbons (Fsp3) is 0.647. The van der Waals surface area contributed by atoms with Crippen molar-refractivity contribution in [1.82, 2.24) is 9.88 Å². The van der Waals surface area contributed by atoms with Gasteiger partial charge in [-0.15, -0.1) is 0 Å². The van der Waals surface area contributed by atoms with Crippen LogP contribution in [0.15, 0.2) is 18.3 Å². The molecule has 3 rings (SSSR count). The van der Waals surface area contributed by atoms with E-state index in [1.165, 1.54) is 38.5 Å². The zero-order valence-electron chi connectivity index (χ0n) is 12.6. The Bertz CT molecular complexity index is 497. The Morgan fingerprint density at radius 3 is 2.81 bits per heavy atom. The first-order valence-electron chi connectivity index (χ1n) is 8.25. The van der Waals surface area contributed by atoms with Crippen LogP contribution in [0.1, 0.15) is 61.0 Å². The molecule has 1 aromatic rings.